The zero-order valence-electron chi connectivity index (χ0n) is 17.0. The lowest BCUT2D eigenvalue weighted by Gasteiger charge is -2.10. The van der Waals surface area contributed by atoms with Crippen LogP contribution in [0.15, 0.2) is 20.6 Å². The molecule has 3 heterocycles. The summed E-state index contributed by atoms with van der Waals surface area (Å²) >= 11 is 1.19. The van der Waals surface area contributed by atoms with Gasteiger partial charge in [-0.05, 0) is 13.2 Å². The second kappa shape index (κ2) is 8.76. The van der Waals surface area contributed by atoms with E-state index in [4.69, 9.17) is 13.9 Å². The van der Waals surface area contributed by atoms with Crippen molar-refractivity contribution in [1.82, 2.24) is 34.7 Å². The van der Waals surface area contributed by atoms with E-state index in [0.717, 1.165) is 0 Å². The summed E-state index contributed by atoms with van der Waals surface area (Å²) in [7, 11) is -0.153. The number of anilines is 1. The zero-order valence-corrected chi connectivity index (χ0v) is 18.7. The molecule has 0 saturated carbocycles. The molecule has 0 unspecified atom stereocenters. The minimum Gasteiger partial charge on any atom is -0.481 e. The molecule has 0 aromatic carbocycles. The lowest BCUT2D eigenvalue weighted by atomic mass is 10.3. The molecule has 3 aromatic heterocycles. The first kappa shape index (κ1) is 22.3. The Bertz CT molecular complexity index is 1200. The Hall–Kier alpha value is -3.40. The Morgan fingerprint density at radius 3 is 2.39 bits per heavy atom. The van der Waals surface area contributed by atoms with Crippen molar-refractivity contribution in [2.75, 3.05) is 25.8 Å². The van der Waals surface area contributed by atoms with E-state index in [0.29, 0.717) is 0 Å². The molecule has 0 aliphatic heterocycles. The fourth-order valence-corrected chi connectivity index (χ4v) is 4.14. The number of rotatable bonds is 7. The quantitative estimate of drug-likeness (QED) is 0.465. The van der Waals surface area contributed by atoms with Gasteiger partial charge in [-0.1, -0.05) is 11.8 Å². The predicted molar refractivity (Wildman–Crippen MR) is 107 cm³/mol. The molecule has 0 aliphatic carbocycles. The molecular formula is C15H18N8O6S2. The van der Waals surface area contributed by atoms with Crippen LogP contribution >= 0.6 is 11.8 Å². The zero-order chi connectivity index (χ0) is 22.8. The molecule has 0 saturated heterocycles. The highest BCUT2D eigenvalue weighted by atomic mass is 32.2. The number of thioether (sulfide) groups is 1. The number of nitrogens with zero attached hydrogens (tertiary/aromatic N) is 6. The maximum Gasteiger partial charge on any atom is 0.335 e. The monoisotopic (exact) mass is 470 g/mol. The third-order valence-electron chi connectivity index (χ3n) is 3.77. The van der Waals surface area contributed by atoms with Gasteiger partial charge in [-0.3, -0.25) is 10.00 Å². The number of hydrogen-bond donors (Lipinski definition) is 2. The minimum atomic E-state index is -4.40. The smallest absolute Gasteiger partial charge is 0.335 e. The molecule has 14 nitrogen and oxygen atoms in total. The van der Waals surface area contributed by atoms with Crippen LogP contribution < -0.4 is 19.5 Å². The molecule has 3 rings (SSSR count). The van der Waals surface area contributed by atoms with Crippen LogP contribution in [0.5, 0.6) is 11.8 Å². The lowest BCUT2D eigenvalue weighted by molar-refractivity contribution is 0.256. The number of hydrogen-bond acceptors (Lipinski definition) is 12. The van der Waals surface area contributed by atoms with Crippen molar-refractivity contribution in [3.8, 4) is 23.3 Å². The van der Waals surface area contributed by atoms with Gasteiger partial charge in [0.15, 0.2) is 0 Å². The third kappa shape index (κ3) is 4.69. The van der Waals surface area contributed by atoms with Gasteiger partial charge in [0, 0.05) is 7.05 Å². The van der Waals surface area contributed by atoms with Gasteiger partial charge < -0.3 is 13.9 Å². The van der Waals surface area contributed by atoms with Gasteiger partial charge in [-0.2, -0.15) is 15.1 Å². The van der Waals surface area contributed by atoms with Gasteiger partial charge in [-0.15, -0.1) is 10.2 Å². The Morgan fingerprint density at radius 2 is 1.84 bits per heavy atom. The summed E-state index contributed by atoms with van der Waals surface area (Å²) in [6.45, 7) is 1.47. The first-order valence-electron chi connectivity index (χ1n) is 8.40. The highest BCUT2D eigenvalue weighted by molar-refractivity contribution is 7.98. The van der Waals surface area contributed by atoms with Gasteiger partial charge in [0.1, 0.15) is 10.6 Å². The Morgan fingerprint density at radius 1 is 1.19 bits per heavy atom. The molecule has 31 heavy (non-hydrogen) atoms. The molecule has 0 fully saturated rings. The standard InChI is InChI=1S/C15H18N8O6S2/c1-7-11(10(23(2)21-7)12-19-20-15(29-12)30-5)31(25,26)22-14(24)18-13-16-8(27-3)6-9(17-13)28-4/h6H,1-5H3,(H2,16,17,18,22,24). The molecule has 0 aliphatic rings. The Labute approximate surface area is 180 Å². The molecular weight excluding hydrogens is 452 g/mol. The average molecular weight is 470 g/mol. The van der Waals surface area contributed by atoms with E-state index in [9.17, 15) is 13.2 Å². The van der Waals surface area contributed by atoms with Crippen molar-refractivity contribution in [2.24, 2.45) is 7.05 Å². The molecule has 166 valence electrons. The highest BCUT2D eigenvalue weighted by Gasteiger charge is 2.31. The number of amides is 2. The largest absolute Gasteiger partial charge is 0.481 e. The van der Waals surface area contributed by atoms with E-state index in [1.807, 2.05) is 4.72 Å². The van der Waals surface area contributed by atoms with Crippen LogP contribution in [0.25, 0.3) is 11.6 Å². The number of sulfonamides is 1. The van der Waals surface area contributed by atoms with E-state index in [1.54, 1.807) is 6.26 Å². The van der Waals surface area contributed by atoms with Crippen LogP contribution in [0.4, 0.5) is 10.7 Å². The predicted octanol–water partition coefficient (Wildman–Crippen LogP) is 0.818. The number of carbonyl (C=O) groups is 1. The molecule has 0 spiro atoms. The summed E-state index contributed by atoms with van der Waals surface area (Å²) in [6.07, 6.45) is 1.73. The summed E-state index contributed by atoms with van der Waals surface area (Å²) in [6, 6.07) is 0.276. The summed E-state index contributed by atoms with van der Waals surface area (Å²) in [4.78, 5) is 19.9. The Balaban J connectivity index is 1.90. The maximum absolute atomic E-state index is 13.0. The summed E-state index contributed by atoms with van der Waals surface area (Å²) in [5, 5.41) is 14.2. The second-order valence-corrected chi connectivity index (χ2v) is 8.18. The van der Waals surface area contributed by atoms with Crippen LogP contribution in [-0.4, -0.2) is 64.9 Å². The van der Waals surface area contributed by atoms with E-state index >= 15 is 0 Å². The second-order valence-electron chi connectivity index (χ2n) is 5.80. The lowest BCUT2D eigenvalue weighted by Crippen LogP contribution is -2.35. The van der Waals surface area contributed by atoms with Gasteiger partial charge in [0.05, 0.1) is 26.0 Å². The van der Waals surface area contributed by atoms with Crippen molar-refractivity contribution < 1.29 is 27.1 Å². The highest BCUT2D eigenvalue weighted by Crippen LogP contribution is 2.30. The van der Waals surface area contributed by atoms with E-state index < -0.39 is 16.1 Å². The van der Waals surface area contributed by atoms with E-state index in [2.05, 4.69) is 30.6 Å². The summed E-state index contributed by atoms with van der Waals surface area (Å²) < 4.78 is 44.5. The molecule has 2 amide bonds. The summed E-state index contributed by atoms with van der Waals surface area (Å²) in [5.74, 6) is -0.0737. The van der Waals surface area contributed by atoms with Crippen molar-refractivity contribution in [3.63, 3.8) is 0 Å². The number of carbonyl (C=O) groups excluding carboxylic acids is 1. The van der Waals surface area contributed by atoms with Crippen molar-refractivity contribution in [3.05, 3.63) is 11.8 Å². The molecule has 3 aromatic rings. The number of methoxy groups -OCH3 is 2. The fourth-order valence-electron chi connectivity index (χ4n) is 2.55. The third-order valence-corrected chi connectivity index (χ3v) is 5.76. The van der Waals surface area contributed by atoms with Crippen molar-refractivity contribution in [2.45, 2.75) is 17.0 Å². The van der Waals surface area contributed by atoms with Crippen LogP contribution in [0, 0.1) is 6.92 Å². The molecule has 0 bridgehead atoms. The average Bonchev–Trinajstić information content (AvgIpc) is 3.30. The molecule has 16 heteroatoms. The van der Waals surface area contributed by atoms with E-state index in [-0.39, 0.29) is 45.1 Å². The number of ether oxygens (including phenoxy) is 2. The first-order chi connectivity index (χ1) is 14.7. The minimum absolute atomic E-state index is 0.0323. The summed E-state index contributed by atoms with van der Waals surface area (Å²) in [5.41, 5.74) is 0.158. The van der Waals surface area contributed by atoms with Crippen molar-refractivity contribution in [1.29, 1.82) is 0 Å². The number of urea groups is 1. The van der Waals surface area contributed by atoms with Crippen molar-refractivity contribution >= 4 is 33.8 Å². The maximum atomic E-state index is 13.0. The van der Waals surface area contributed by atoms with Crippen LogP contribution in [0.2, 0.25) is 0 Å². The number of nitrogens with one attached hydrogen (secondary N) is 2. The Kier molecular flexibility index (Phi) is 6.30. The fraction of sp³-hybridized carbons (Fsp3) is 0.333. The topological polar surface area (TPSA) is 176 Å². The molecule has 0 radical (unpaired) electrons. The molecule has 0 atom stereocenters. The van der Waals surface area contributed by atoms with Crippen LogP contribution in [0.3, 0.4) is 0 Å². The SMILES string of the molecule is COc1cc(OC)nc(NC(=O)NS(=O)(=O)c2c(C)nn(C)c2-c2nnc(SC)o2)n1. The van der Waals surface area contributed by atoms with Gasteiger partial charge in [0.2, 0.25) is 17.7 Å². The van der Waals surface area contributed by atoms with Crippen LogP contribution in [-0.2, 0) is 17.1 Å². The number of aromatic nitrogens is 6. The van der Waals surface area contributed by atoms with Gasteiger partial charge >= 0.3 is 6.03 Å². The molecule has 2 N–H and O–H groups in total. The number of aryl methyl sites for hydroxylation is 2. The normalized spacial score (nSPS) is 11.3. The first-order valence-corrected chi connectivity index (χ1v) is 11.1. The van der Waals surface area contributed by atoms with E-state index in [1.165, 1.54) is 50.7 Å². The van der Waals surface area contributed by atoms with Gasteiger partial charge in [0.25, 0.3) is 21.1 Å². The van der Waals surface area contributed by atoms with Gasteiger partial charge in [-0.25, -0.2) is 17.9 Å². The van der Waals surface area contributed by atoms with Crippen LogP contribution in [0.1, 0.15) is 5.69 Å².